The maximum Gasteiger partial charge on any atom is 0.255 e. The van der Waals surface area contributed by atoms with Crippen LogP contribution in [0.2, 0.25) is 0 Å². The van der Waals surface area contributed by atoms with Crippen LogP contribution in [0.3, 0.4) is 0 Å². The fourth-order valence-electron chi connectivity index (χ4n) is 1.77. The number of nitrogens with two attached hydrogens (primary N) is 1. The van der Waals surface area contributed by atoms with Gasteiger partial charge in [-0.2, -0.15) is 0 Å². The van der Waals surface area contributed by atoms with Crippen molar-refractivity contribution in [1.29, 1.82) is 0 Å². The van der Waals surface area contributed by atoms with E-state index >= 15 is 0 Å². The second kappa shape index (κ2) is 6.16. The van der Waals surface area contributed by atoms with Crippen LogP contribution in [0.4, 0.5) is 15.8 Å². The first-order chi connectivity index (χ1) is 9.60. The summed E-state index contributed by atoms with van der Waals surface area (Å²) in [6.45, 7) is 0.0839. The third kappa shape index (κ3) is 3.33. The molecule has 0 saturated heterocycles. The van der Waals surface area contributed by atoms with Gasteiger partial charge in [0, 0.05) is 17.9 Å². The van der Waals surface area contributed by atoms with Crippen LogP contribution >= 0.6 is 0 Å². The first-order valence-electron chi connectivity index (χ1n) is 6.16. The Bertz CT molecular complexity index is 612. The molecular formula is C15H15FN2O2. The number of nitrogens with one attached hydrogen (secondary N) is 1. The number of rotatable bonds is 4. The molecule has 0 aromatic heterocycles. The lowest BCUT2D eigenvalue weighted by molar-refractivity contribution is 0.102. The number of benzene rings is 2. The van der Waals surface area contributed by atoms with Gasteiger partial charge in [0.1, 0.15) is 5.82 Å². The second-order valence-electron chi connectivity index (χ2n) is 4.36. The summed E-state index contributed by atoms with van der Waals surface area (Å²) in [5.41, 5.74) is 7.27. The molecule has 0 aliphatic carbocycles. The van der Waals surface area contributed by atoms with Crippen LogP contribution in [0, 0.1) is 5.82 Å². The van der Waals surface area contributed by atoms with Crippen LogP contribution < -0.4 is 11.1 Å². The van der Waals surface area contributed by atoms with Crippen molar-refractivity contribution in [3.8, 4) is 0 Å². The molecule has 2 aromatic carbocycles. The monoisotopic (exact) mass is 274 g/mol. The van der Waals surface area contributed by atoms with Gasteiger partial charge in [-0.1, -0.05) is 12.1 Å². The number of anilines is 2. The van der Waals surface area contributed by atoms with Gasteiger partial charge in [-0.05, 0) is 42.3 Å². The molecule has 0 radical (unpaired) electrons. The molecule has 5 heteroatoms. The van der Waals surface area contributed by atoms with Gasteiger partial charge in [0.25, 0.3) is 5.91 Å². The third-order valence-corrected chi connectivity index (χ3v) is 2.87. The molecular weight excluding hydrogens is 259 g/mol. The van der Waals surface area contributed by atoms with E-state index < -0.39 is 5.82 Å². The molecule has 1 amide bonds. The minimum atomic E-state index is -0.546. The van der Waals surface area contributed by atoms with E-state index in [1.54, 1.807) is 12.1 Å². The summed E-state index contributed by atoms with van der Waals surface area (Å²) >= 11 is 0. The molecule has 0 spiro atoms. The van der Waals surface area contributed by atoms with E-state index in [9.17, 15) is 9.18 Å². The number of hydrogen-bond acceptors (Lipinski definition) is 3. The van der Waals surface area contributed by atoms with Crippen LogP contribution in [-0.4, -0.2) is 17.6 Å². The van der Waals surface area contributed by atoms with Crippen molar-refractivity contribution < 1.29 is 14.3 Å². The fraction of sp³-hybridized carbons (Fsp3) is 0.133. The van der Waals surface area contributed by atoms with E-state index in [-0.39, 0.29) is 18.2 Å². The Balaban J connectivity index is 2.08. The summed E-state index contributed by atoms with van der Waals surface area (Å²) in [6.07, 6.45) is 0.572. The van der Waals surface area contributed by atoms with Gasteiger partial charge in [-0.15, -0.1) is 0 Å². The number of carbonyl (C=O) groups excluding carboxylic acids is 1. The average molecular weight is 274 g/mol. The zero-order valence-corrected chi connectivity index (χ0v) is 10.8. The van der Waals surface area contributed by atoms with E-state index in [0.717, 1.165) is 11.6 Å². The highest BCUT2D eigenvalue weighted by molar-refractivity contribution is 6.04. The lowest BCUT2D eigenvalue weighted by Crippen LogP contribution is -2.12. The highest BCUT2D eigenvalue weighted by Gasteiger charge is 2.08. The third-order valence-electron chi connectivity index (χ3n) is 2.87. The van der Waals surface area contributed by atoms with E-state index in [1.165, 1.54) is 12.1 Å². The number of amides is 1. The number of aliphatic hydroxyl groups excluding tert-OH is 1. The van der Waals surface area contributed by atoms with Crippen molar-refractivity contribution in [2.45, 2.75) is 6.42 Å². The molecule has 0 fully saturated rings. The first-order valence-corrected chi connectivity index (χ1v) is 6.16. The number of carbonyl (C=O) groups is 1. The Labute approximate surface area is 116 Å². The molecule has 104 valence electrons. The Kier molecular flexibility index (Phi) is 4.32. The number of nitrogen functional groups attached to an aromatic ring is 1. The molecule has 0 saturated carbocycles. The molecule has 2 rings (SSSR count). The van der Waals surface area contributed by atoms with Crippen LogP contribution in [0.5, 0.6) is 0 Å². The second-order valence-corrected chi connectivity index (χ2v) is 4.36. The lowest BCUT2D eigenvalue weighted by Gasteiger charge is -2.07. The van der Waals surface area contributed by atoms with Crippen molar-refractivity contribution in [1.82, 2.24) is 0 Å². The van der Waals surface area contributed by atoms with Crippen LogP contribution in [0.15, 0.2) is 42.5 Å². The van der Waals surface area contributed by atoms with Gasteiger partial charge in [-0.3, -0.25) is 4.79 Å². The van der Waals surface area contributed by atoms with Gasteiger partial charge in [0.2, 0.25) is 0 Å². The van der Waals surface area contributed by atoms with Gasteiger partial charge < -0.3 is 16.2 Å². The molecule has 0 heterocycles. The summed E-state index contributed by atoms with van der Waals surface area (Å²) < 4.78 is 13.0. The number of hydrogen-bond donors (Lipinski definition) is 3. The topological polar surface area (TPSA) is 75.4 Å². The SMILES string of the molecule is Nc1cc(C(=O)Nc2ccc(CCO)cc2)ccc1F. The largest absolute Gasteiger partial charge is 0.396 e. The molecule has 0 bridgehead atoms. The summed E-state index contributed by atoms with van der Waals surface area (Å²) in [5.74, 6) is -0.901. The molecule has 0 aliphatic rings. The highest BCUT2D eigenvalue weighted by Crippen LogP contribution is 2.15. The van der Waals surface area contributed by atoms with Crippen molar-refractivity contribution in [2.75, 3.05) is 17.7 Å². The van der Waals surface area contributed by atoms with Gasteiger partial charge in [-0.25, -0.2) is 4.39 Å². The fourth-order valence-corrected chi connectivity index (χ4v) is 1.77. The molecule has 4 N–H and O–H groups in total. The van der Waals surface area contributed by atoms with Crippen molar-refractivity contribution >= 4 is 17.3 Å². The molecule has 2 aromatic rings. The summed E-state index contributed by atoms with van der Waals surface area (Å²) in [5, 5.41) is 11.5. The Hall–Kier alpha value is -2.40. The van der Waals surface area contributed by atoms with Crippen molar-refractivity contribution in [3.63, 3.8) is 0 Å². The Morgan fingerprint density at radius 3 is 2.50 bits per heavy atom. The van der Waals surface area contributed by atoms with Crippen molar-refractivity contribution in [3.05, 3.63) is 59.4 Å². The van der Waals surface area contributed by atoms with Crippen LogP contribution in [0.1, 0.15) is 15.9 Å². The van der Waals surface area contributed by atoms with E-state index in [2.05, 4.69) is 5.32 Å². The maximum absolute atomic E-state index is 13.0. The highest BCUT2D eigenvalue weighted by atomic mass is 19.1. The molecule has 0 unspecified atom stereocenters. The Morgan fingerprint density at radius 2 is 1.90 bits per heavy atom. The average Bonchev–Trinajstić information content (AvgIpc) is 2.44. The molecule has 4 nitrogen and oxygen atoms in total. The quantitative estimate of drug-likeness (QED) is 0.748. The standard InChI is InChI=1S/C15H15FN2O2/c16-13-6-3-11(9-14(13)17)15(20)18-12-4-1-10(2-5-12)7-8-19/h1-6,9,19H,7-8,17H2,(H,18,20). The minimum Gasteiger partial charge on any atom is -0.396 e. The van der Waals surface area contributed by atoms with Crippen molar-refractivity contribution in [2.24, 2.45) is 0 Å². The molecule has 0 atom stereocenters. The van der Waals surface area contributed by atoms with Crippen LogP contribution in [0.25, 0.3) is 0 Å². The Morgan fingerprint density at radius 1 is 1.20 bits per heavy atom. The molecule has 20 heavy (non-hydrogen) atoms. The zero-order valence-electron chi connectivity index (χ0n) is 10.8. The smallest absolute Gasteiger partial charge is 0.255 e. The van der Waals surface area contributed by atoms with Gasteiger partial charge >= 0.3 is 0 Å². The predicted octanol–water partition coefficient (Wildman–Crippen LogP) is 2.20. The zero-order chi connectivity index (χ0) is 14.5. The lowest BCUT2D eigenvalue weighted by atomic mass is 10.1. The normalized spacial score (nSPS) is 10.3. The number of aliphatic hydroxyl groups is 1. The minimum absolute atomic E-state index is 0.0593. The summed E-state index contributed by atoms with van der Waals surface area (Å²) in [4.78, 5) is 12.0. The summed E-state index contributed by atoms with van der Waals surface area (Å²) in [7, 11) is 0. The van der Waals surface area contributed by atoms with Crippen LogP contribution in [-0.2, 0) is 6.42 Å². The molecule has 0 aliphatic heterocycles. The first kappa shape index (κ1) is 14.0. The number of halogens is 1. The maximum atomic E-state index is 13.0. The van der Waals surface area contributed by atoms with Gasteiger partial charge in [0.15, 0.2) is 0 Å². The van der Waals surface area contributed by atoms with E-state index in [1.807, 2.05) is 12.1 Å². The van der Waals surface area contributed by atoms with E-state index in [4.69, 9.17) is 10.8 Å². The summed E-state index contributed by atoms with van der Waals surface area (Å²) in [6, 6.07) is 11.0. The predicted molar refractivity (Wildman–Crippen MR) is 76.0 cm³/mol. The van der Waals surface area contributed by atoms with Gasteiger partial charge in [0.05, 0.1) is 5.69 Å². The van der Waals surface area contributed by atoms with E-state index in [0.29, 0.717) is 17.7 Å².